The van der Waals surface area contributed by atoms with Gasteiger partial charge in [0, 0.05) is 15.4 Å². The van der Waals surface area contributed by atoms with E-state index >= 15 is 0 Å². The van der Waals surface area contributed by atoms with E-state index in [1.54, 1.807) is 12.1 Å². The van der Waals surface area contributed by atoms with Crippen LogP contribution in [0.2, 0.25) is 0 Å². The molecule has 0 saturated carbocycles. The quantitative estimate of drug-likeness (QED) is 0.443. The standard InChI is InChI=1S/C22H20BrNO4S/c1-3-18(28-16-7-5-4-6-8-16)20(25)24-21-19(22(26)27-2)17(13-29-21)14-9-11-15(23)12-10-14/h4-13,18H,3H2,1-2H3,(H,24,25). The molecule has 5 nitrogen and oxygen atoms in total. The smallest absolute Gasteiger partial charge is 0.341 e. The molecule has 29 heavy (non-hydrogen) atoms. The summed E-state index contributed by atoms with van der Waals surface area (Å²) in [6.45, 7) is 1.87. The fourth-order valence-electron chi connectivity index (χ4n) is 2.77. The zero-order chi connectivity index (χ0) is 20.8. The van der Waals surface area contributed by atoms with Crippen molar-refractivity contribution in [2.45, 2.75) is 19.4 Å². The van der Waals surface area contributed by atoms with E-state index < -0.39 is 12.1 Å². The van der Waals surface area contributed by atoms with Crippen molar-refractivity contribution in [3.63, 3.8) is 0 Å². The number of hydrogen-bond acceptors (Lipinski definition) is 5. The minimum Gasteiger partial charge on any atom is -0.481 e. The molecule has 3 aromatic rings. The highest BCUT2D eigenvalue weighted by Crippen LogP contribution is 2.36. The van der Waals surface area contributed by atoms with Crippen LogP contribution in [-0.2, 0) is 9.53 Å². The highest BCUT2D eigenvalue weighted by molar-refractivity contribution is 9.10. The Bertz CT molecular complexity index is 986. The maximum Gasteiger partial charge on any atom is 0.341 e. The molecule has 0 bridgehead atoms. The Hall–Kier alpha value is -2.64. The number of thiophene rings is 1. The lowest BCUT2D eigenvalue weighted by Crippen LogP contribution is -2.32. The van der Waals surface area contributed by atoms with Crippen LogP contribution in [0.25, 0.3) is 11.1 Å². The summed E-state index contributed by atoms with van der Waals surface area (Å²) < 4.78 is 11.7. The van der Waals surface area contributed by atoms with Crippen LogP contribution in [-0.4, -0.2) is 25.1 Å². The van der Waals surface area contributed by atoms with Gasteiger partial charge in [0.15, 0.2) is 6.10 Å². The van der Waals surface area contributed by atoms with E-state index in [9.17, 15) is 9.59 Å². The first-order valence-electron chi connectivity index (χ1n) is 9.01. The molecular formula is C22H20BrNO4S. The van der Waals surface area contributed by atoms with Gasteiger partial charge in [0.05, 0.1) is 7.11 Å². The number of para-hydroxylation sites is 1. The predicted octanol–water partition coefficient (Wildman–Crippen LogP) is 5.76. The minimum absolute atomic E-state index is 0.314. The number of benzene rings is 2. The number of hydrogen-bond donors (Lipinski definition) is 1. The maximum absolute atomic E-state index is 12.8. The van der Waals surface area contributed by atoms with Crippen LogP contribution in [0.5, 0.6) is 5.75 Å². The number of amides is 1. The third-order valence-electron chi connectivity index (χ3n) is 4.26. The highest BCUT2D eigenvalue weighted by Gasteiger charge is 2.25. The van der Waals surface area contributed by atoms with E-state index in [-0.39, 0.29) is 5.91 Å². The lowest BCUT2D eigenvalue weighted by atomic mass is 10.0. The normalized spacial score (nSPS) is 11.6. The first-order chi connectivity index (χ1) is 14.0. The third-order valence-corrected chi connectivity index (χ3v) is 5.68. The Balaban J connectivity index is 1.86. The Morgan fingerprint density at radius 2 is 1.79 bits per heavy atom. The van der Waals surface area contributed by atoms with E-state index in [0.29, 0.717) is 28.3 Å². The number of carbonyl (C=O) groups is 2. The molecule has 150 valence electrons. The van der Waals surface area contributed by atoms with E-state index in [1.165, 1.54) is 18.4 Å². The molecule has 0 saturated heterocycles. The topological polar surface area (TPSA) is 64.6 Å². The summed E-state index contributed by atoms with van der Waals surface area (Å²) in [6, 6.07) is 16.8. The van der Waals surface area contributed by atoms with Gasteiger partial charge in [0.25, 0.3) is 5.91 Å². The summed E-state index contributed by atoms with van der Waals surface area (Å²) in [4.78, 5) is 25.3. The van der Waals surface area contributed by atoms with E-state index in [1.807, 2.05) is 54.8 Å². The molecule has 1 amide bonds. The first-order valence-corrected chi connectivity index (χ1v) is 10.7. The van der Waals surface area contributed by atoms with Crippen molar-refractivity contribution in [2.24, 2.45) is 0 Å². The van der Waals surface area contributed by atoms with Crippen molar-refractivity contribution < 1.29 is 19.1 Å². The fraction of sp³-hybridized carbons (Fsp3) is 0.182. The number of esters is 1. The average Bonchev–Trinajstić information content (AvgIpc) is 3.16. The molecule has 0 radical (unpaired) electrons. The molecule has 1 atom stereocenters. The molecule has 1 unspecified atom stereocenters. The fourth-order valence-corrected chi connectivity index (χ4v) is 4.00. The van der Waals surface area contributed by atoms with Gasteiger partial charge in [0.2, 0.25) is 0 Å². The maximum atomic E-state index is 12.8. The molecule has 0 spiro atoms. The second-order valence-corrected chi connectivity index (χ2v) is 7.96. The largest absolute Gasteiger partial charge is 0.481 e. The lowest BCUT2D eigenvalue weighted by Gasteiger charge is -2.17. The van der Waals surface area contributed by atoms with Gasteiger partial charge in [-0.2, -0.15) is 0 Å². The molecule has 0 aliphatic heterocycles. The van der Waals surface area contributed by atoms with Gasteiger partial charge >= 0.3 is 5.97 Å². The second kappa shape index (κ2) is 9.71. The summed E-state index contributed by atoms with van der Waals surface area (Å²) >= 11 is 4.69. The summed E-state index contributed by atoms with van der Waals surface area (Å²) in [5, 5.41) is 5.12. The number of halogens is 1. The van der Waals surface area contributed by atoms with Crippen molar-refractivity contribution in [2.75, 3.05) is 12.4 Å². The minimum atomic E-state index is -0.680. The summed E-state index contributed by atoms with van der Waals surface area (Å²) in [6.07, 6.45) is -0.194. The molecule has 1 aromatic heterocycles. The predicted molar refractivity (Wildman–Crippen MR) is 119 cm³/mol. The van der Waals surface area contributed by atoms with Crippen molar-refractivity contribution in [3.8, 4) is 16.9 Å². The molecule has 2 aromatic carbocycles. The lowest BCUT2D eigenvalue weighted by molar-refractivity contribution is -0.122. The Kier molecular flexibility index (Phi) is 7.06. The Morgan fingerprint density at radius 3 is 2.41 bits per heavy atom. The molecule has 0 aliphatic rings. The van der Waals surface area contributed by atoms with Crippen molar-refractivity contribution in [3.05, 3.63) is 70.0 Å². The summed E-state index contributed by atoms with van der Waals surface area (Å²) in [5.41, 5.74) is 1.90. The summed E-state index contributed by atoms with van der Waals surface area (Å²) in [7, 11) is 1.32. The number of ether oxygens (including phenoxy) is 2. The molecule has 1 heterocycles. The molecule has 0 aliphatic carbocycles. The van der Waals surface area contributed by atoms with Gasteiger partial charge in [-0.05, 0) is 36.2 Å². The monoisotopic (exact) mass is 473 g/mol. The highest BCUT2D eigenvalue weighted by atomic mass is 79.9. The van der Waals surface area contributed by atoms with Crippen LogP contribution >= 0.6 is 27.3 Å². The van der Waals surface area contributed by atoms with Gasteiger partial charge in [-0.25, -0.2) is 4.79 Å². The van der Waals surface area contributed by atoms with Crippen molar-refractivity contribution >= 4 is 44.1 Å². The molecule has 0 fully saturated rings. The number of carbonyl (C=O) groups excluding carboxylic acids is 2. The number of anilines is 1. The van der Waals surface area contributed by atoms with Crippen molar-refractivity contribution in [1.29, 1.82) is 0 Å². The SMILES string of the molecule is CCC(Oc1ccccc1)C(=O)Nc1scc(-c2ccc(Br)cc2)c1C(=O)OC. The van der Waals surface area contributed by atoms with Crippen LogP contribution < -0.4 is 10.1 Å². The van der Waals surface area contributed by atoms with Crippen LogP contribution in [0.15, 0.2) is 64.5 Å². The van der Waals surface area contributed by atoms with Crippen LogP contribution in [0.1, 0.15) is 23.7 Å². The van der Waals surface area contributed by atoms with Gasteiger partial charge in [-0.15, -0.1) is 11.3 Å². The van der Waals surface area contributed by atoms with Gasteiger partial charge in [-0.1, -0.05) is 53.2 Å². The van der Waals surface area contributed by atoms with Gasteiger partial charge in [-0.3, -0.25) is 4.79 Å². The number of rotatable bonds is 7. The van der Waals surface area contributed by atoms with Crippen LogP contribution in [0.4, 0.5) is 5.00 Å². The molecule has 3 rings (SSSR count). The van der Waals surface area contributed by atoms with E-state index in [4.69, 9.17) is 9.47 Å². The van der Waals surface area contributed by atoms with Crippen LogP contribution in [0, 0.1) is 0 Å². The Morgan fingerprint density at radius 1 is 1.10 bits per heavy atom. The van der Waals surface area contributed by atoms with Gasteiger partial charge < -0.3 is 14.8 Å². The molecular weight excluding hydrogens is 454 g/mol. The number of nitrogens with one attached hydrogen (secondary N) is 1. The zero-order valence-corrected chi connectivity index (χ0v) is 18.4. The van der Waals surface area contributed by atoms with E-state index in [2.05, 4.69) is 21.2 Å². The van der Waals surface area contributed by atoms with Crippen molar-refractivity contribution in [1.82, 2.24) is 0 Å². The molecule has 1 N–H and O–H groups in total. The Labute approximate surface area is 181 Å². The third kappa shape index (κ3) is 5.05. The molecule has 7 heteroatoms. The van der Waals surface area contributed by atoms with E-state index in [0.717, 1.165) is 10.0 Å². The van der Waals surface area contributed by atoms with Gasteiger partial charge in [0.1, 0.15) is 16.3 Å². The number of methoxy groups -OCH3 is 1. The van der Waals surface area contributed by atoms with Crippen LogP contribution in [0.3, 0.4) is 0 Å². The first kappa shape index (κ1) is 21.1. The summed E-state index contributed by atoms with van der Waals surface area (Å²) in [5.74, 6) is -0.202. The average molecular weight is 474 g/mol. The zero-order valence-electron chi connectivity index (χ0n) is 16.0. The second-order valence-electron chi connectivity index (χ2n) is 6.17.